The number of carbonyl (C=O) groups excluding carboxylic acids is 2. The van der Waals surface area contributed by atoms with Crippen molar-refractivity contribution in [2.75, 3.05) is 19.0 Å². The molecular weight excluding hydrogens is 330 g/mol. The second-order valence-corrected chi connectivity index (χ2v) is 5.72. The van der Waals surface area contributed by atoms with E-state index in [-0.39, 0.29) is 11.7 Å². The summed E-state index contributed by atoms with van der Waals surface area (Å²) in [6, 6.07) is 12.3. The minimum absolute atomic E-state index is 0.0471. The van der Waals surface area contributed by atoms with E-state index in [1.165, 1.54) is 13.0 Å². The van der Waals surface area contributed by atoms with Gasteiger partial charge in [0, 0.05) is 17.3 Å². The molecule has 0 atom stereocenters. The molecular formula is C21H23NO4. The van der Waals surface area contributed by atoms with Gasteiger partial charge in [0.1, 0.15) is 0 Å². The number of hydrogen-bond donors (Lipinski definition) is 1. The molecule has 0 spiro atoms. The molecule has 2 rings (SSSR count). The highest BCUT2D eigenvalue weighted by Gasteiger charge is 2.05. The lowest BCUT2D eigenvalue weighted by Crippen LogP contribution is -2.08. The number of Topliss-reactive ketones (excluding diaryl/α,β-unsaturated/α-hetero) is 1. The summed E-state index contributed by atoms with van der Waals surface area (Å²) in [6.45, 7) is 4.14. The van der Waals surface area contributed by atoms with Crippen molar-refractivity contribution in [3.05, 3.63) is 59.7 Å². The number of ketones is 1. The first-order valence-corrected chi connectivity index (χ1v) is 8.44. The number of rotatable bonds is 8. The number of nitrogens with one attached hydrogen (secondary N) is 1. The number of amides is 1. The first-order chi connectivity index (χ1) is 12.5. The molecule has 2 aromatic rings. The second kappa shape index (κ2) is 9.42. The molecule has 0 heterocycles. The van der Waals surface area contributed by atoms with Gasteiger partial charge in [-0.3, -0.25) is 9.59 Å². The number of benzene rings is 2. The maximum Gasteiger partial charge on any atom is 0.248 e. The Morgan fingerprint density at radius 1 is 1.12 bits per heavy atom. The van der Waals surface area contributed by atoms with E-state index in [0.29, 0.717) is 29.4 Å². The summed E-state index contributed by atoms with van der Waals surface area (Å²) in [5.41, 5.74) is 1.95. The normalized spacial score (nSPS) is 10.6. The fourth-order valence-electron chi connectivity index (χ4n) is 2.29. The van der Waals surface area contributed by atoms with Gasteiger partial charge in [-0.25, -0.2) is 0 Å². The maximum atomic E-state index is 12.1. The van der Waals surface area contributed by atoms with Crippen molar-refractivity contribution in [1.29, 1.82) is 0 Å². The van der Waals surface area contributed by atoms with Gasteiger partial charge < -0.3 is 14.8 Å². The van der Waals surface area contributed by atoms with Gasteiger partial charge in [-0.2, -0.15) is 0 Å². The van der Waals surface area contributed by atoms with E-state index in [0.717, 1.165) is 12.0 Å². The number of anilines is 1. The average molecular weight is 353 g/mol. The largest absolute Gasteiger partial charge is 0.493 e. The summed E-state index contributed by atoms with van der Waals surface area (Å²) < 4.78 is 10.9. The van der Waals surface area contributed by atoms with Crippen LogP contribution in [-0.2, 0) is 4.79 Å². The Morgan fingerprint density at radius 2 is 1.92 bits per heavy atom. The van der Waals surface area contributed by atoms with Crippen LogP contribution in [0.1, 0.15) is 36.2 Å². The highest BCUT2D eigenvalue weighted by atomic mass is 16.5. The van der Waals surface area contributed by atoms with Gasteiger partial charge in [0.25, 0.3) is 0 Å². The predicted molar refractivity (Wildman–Crippen MR) is 103 cm³/mol. The summed E-state index contributed by atoms with van der Waals surface area (Å²) in [4.78, 5) is 23.5. The molecule has 0 aromatic heterocycles. The third kappa shape index (κ3) is 5.48. The van der Waals surface area contributed by atoms with E-state index >= 15 is 0 Å². The number of ether oxygens (including phenoxy) is 2. The van der Waals surface area contributed by atoms with Crippen LogP contribution in [0.4, 0.5) is 5.69 Å². The van der Waals surface area contributed by atoms with E-state index < -0.39 is 0 Å². The number of carbonyl (C=O) groups is 2. The van der Waals surface area contributed by atoms with Crippen LogP contribution in [0.2, 0.25) is 0 Å². The zero-order valence-corrected chi connectivity index (χ0v) is 15.2. The van der Waals surface area contributed by atoms with E-state index in [1.807, 2.05) is 25.1 Å². The predicted octanol–water partition coefficient (Wildman–Crippen LogP) is 4.34. The summed E-state index contributed by atoms with van der Waals surface area (Å²) in [5.74, 6) is 0.970. The van der Waals surface area contributed by atoms with Crippen LogP contribution >= 0.6 is 0 Å². The van der Waals surface area contributed by atoms with Crippen LogP contribution in [0, 0.1) is 0 Å². The van der Waals surface area contributed by atoms with Gasteiger partial charge >= 0.3 is 0 Å². The fraction of sp³-hybridized carbons (Fsp3) is 0.238. The molecule has 0 bridgehead atoms. The standard InChI is InChI=1S/C21H23NO4/c1-4-12-26-19-10-8-16(13-20(19)25-3)9-11-21(24)22-18-7-5-6-17(14-18)15(2)23/h5-11,13-14H,4,12H2,1-3H3,(H,22,24). The molecule has 0 unspecified atom stereocenters. The third-order valence-electron chi connectivity index (χ3n) is 3.61. The average Bonchev–Trinajstić information content (AvgIpc) is 2.65. The molecule has 0 aliphatic rings. The molecule has 1 N–H and O–H groups in total. The molecule has 0 aliphatic carbocycles. The molecule has 0 fully saturated rings. The zero-order chi connectivity index (χ0) is 18.9. The monoisotopic (exact) mass is 353 g/mol. The molecule has 136 valence electrons. The lowest BCUT2D eigenvalue weighted by molar-refractivity contribution is -0.111. The van der Waals surface area contributed by atoms with Crippen molar-refractivity contribution in [3.63, 3.8) is 0 Å². The maximum absolute atomic E-state index is 12.1. The Kier molecular flexibility index (Phi) is 6.97. The Labute approximate surface area is 153 Å². The first kappa shape index (κ1) is 19.2. The number of hydrogen-bond acceptors (Lipinski definition) is 4. The lowest BCUT2D eigenvalue weighted by Gasteiger charge is -2.10. The molecule has 0 saturated carbocycles. The van der Waals surface area contributed by atoms with Crippen molar-refractivity contribution in [1.82, 2.24) is 0 Å². The van der Waals surface area contributed by atoms with Gasteiger partial charge in [0.2, 0.25) is 5.91 Å². The minimum atomic E-state index is -0.282. The van der Waals surface area contributed by atoms with Crippen molar-refractivity contribution in [3.8, 4) is 11.5 Å². The van der Waals surface area contributed by atoms with Crippen molar-refractivity contribution < 1.29 is 19.1 Å². The smallest absolute Gasteiger partial charge is 0.248 e. The molecule has 5 nitrogen and oxygen atoms in total. The molecule has 0 radical (unpaired) electrons. The SMILES string of the molecule is CCCOc1ccc(C=CC(=O)Nc2cccc(C(C)=O)c2)cc1OC. The third-order valence-corrected chi connectivity index (χ3v) is 3.61. The highest BCUT2D eigenvalue weighted by Crippen LogP contribution is 2.28. The van der Waals surface area contributed by atoms with Gasteiger partial charge in [0.05, 0.1) is 13.7 Å². The molecule has 26 heavy (non-hydrogen) atoms. The summed E-state index contributed by atoms with van der Waals surface area (Å²) in [6.07, 6.45) is 4.04. The van der Waals surface area contributed by atoms with Crippen LogP contribution < -0.4 is 14.8 Å². The van der Waals surface area contributed by atoms with Crippen LogP contribution in [0.3, 0.4) is 0 Å². The van der Waals surface area contributed by atoms with E-state index in [2.05, 4.69) is 5.32 Å². The van der Waals surface area contributed by atoms with E-state index in [4.69, 9.17) is 9.47 Å². The van der Waals surface area contributed by atoms with Crippen molar-refractivity contribution in [2.45, 2.75) is 20.3 Å². The summed E-state index contributed by atoms with van der Waals surface area (Å²) >= 11 is 0. The first-order valence-electron chi connectivity index (χ1n) is 8.44. The van der Waals surface area contributed by atoms with Crippen molar-refractivity contribution in [2.24, 2.45) is 0 Å². The molecule has 0 aliphatic heterocycles. The minimum Gasteiger partial charge on any atom is -0.493 e. The van der Waals surface area contributed by atoms with E-state index in [9.17, 15) is 9.59 Å². The zero-order valence-electron chi connectivity index (χ0n) is 15.2. The molecule has 0 saturated heterocycles. The highest BCUT2D eigenvalue weighted by molar-refractivity contribution is 6.03. The van der Waals surface area contributed by atoms with E-state index in [1.54, 1.807) is 37.5 Å². The summed E-state index contributed by atoms with van der Waals surface area (Å²) in [5, 5.41) is 2.74. The van der Waals surface area contributed by atoms with Gasteiger partial charge in [-0.15, -0.1) is 0 Å². The topological polar surface area (TPSA) is 64.6 Å². The fourth-order valence-corrected chi connectivity index (χ4v) is 2.29. The van der Waals surface area contributed by atoms with Crippen LogP contribution in [-0.4, -0.2) is 25.4 Å². The lowest BCUT2D eigenvalue weighted by atomic mass is 10.1. The van der Waals surface area contributed by atoms with Gasteiger partial charge in [0.15, 0.2) is 17.3 Å². The number of methoxy groups -OCH3 is 1. The molecule has 2 aromatic carbocycles. The van der Waals surface area contributed by atoms with Gasteiger partial charge in [-0.05, 0) is 49.2 Å². The summed E-state index contributed by atoms with van der Waals surface area (Å²) in [7, 11) is 1.58. The Hall–Kier alpha value is -3.08. The molecule has 5 heteroatoms. The quantitative estimate of drug-likeness (QED) is 0.566. The van der Waals surface area contributed by atoms with Crippen molar-refractivity contribution >= 4 is 23.5 Å². The Morgan fingerprint density at radius 3 is 2.62 bits per heavy atom. The van der Waals surface area contributed by atoms with Gasteiger partial charge in [-0.1, -0.05) is 25.1 Å². The Bertz CT molecular complexity index is 811. The van der Waals surface area contributed by atoms with Crippen LogP contribution in [0.5, 0.6) is 11.5 Å². The van der Waals surface area contributed by atoms with Crippen LogP contribution in [0.25, 0.3) is 6.08 Å². The molecule has 1 amide bonds. The van der Waals surface area contributed by atoms with Crippen LogP contribution in [0.15, 0.2) is 48.5 Å². The second-order valence-electron chi connectivity index (χ2n) is 5.72. The Balaban J connectivity index is 2.05.